The number of carboxylic acids is 1. The fourth-order valence-corrected chi connectivity index (χ4v) is 2.67. The van der Waals surface area contributed by atoms with Gasteiger partial charge in [0.2, 0.25) is 0 Å². The van der Waals surface area contributed by atoms with Gasteiger partial charge in [-0.3, -0.25) is 4.98 Å². The molecule has 1 atom stereocenters. The van der Waals surface area contributed by atoms with E-state index in [4.69, 9.17) is 21.4 Å². The Morgan fingerprint density at radius 1 is 1.21 bits per heavy atom. The van der Waals surface area contributed by atoms with Crippen molar-refractivity contribution in [3.63, 3.8) is 0 Å². The summed E-state index contributed by atoms with van der Waals surface area (Å²) in [7, 11) is 0. The minimum Gasteiger partial charge on any atom is -0.479 e. The number of nitrogens with zero attached hydrogens (tertiary/aromatic N) is 1. The predicted molar refractivity (Wildman–Crippen MR) is 89.9 cm³/mol. The van der Waals surface area contributed by atoms with Gasteiger partial charge in [0.05, 0.1) is 10.5 Å². The highest BCUT2D eigenvalue weighted by atomic mass is 35.5. The van der Waals surface area contributed by atoms with Crippen LogP contribution < -0.4 is 4.74 Å². The van der Waals surface area contributed by atoms with Crippen LogP contribution in [0.15, 0.2) is 48.7 Å². The van der Waals surface area contributed by atoms with Gasteiger partial charge in [-0.1, -0.05) is 11.6 Å². The molecule has 0 spiro atoms. The van der Waals surface area contributed by atoms with Crippen LogP contribution in [0.1, 0.15) is 6.92 Å². The lowest BCUT2D eigenvalue weighted by molar-refractivity contribution is -0.144. The summed E-state index contributed by atoms with van der Waals surface area (Å²) in [5, 5.41) is 10.0. The van der Waals surface area contributed by atoms with Gasteiger partial charge < -0.3 is 9.84 Å². The van der Waals surface area contributed by atoms with Gasteiger partial charge in [0.15, 0.2) is 6.10 Å². The van der Waals surface area contributed by atoms with Gasteiger partial charge in [-0.25, -0.2) is 9.18 Å². The molecule has 1 aromatic heterocycles. The number of ether oxygens (including phenoxy) is 1. The quantitative estimate of drug-likeness (QED) is 0.753. The van der Waals surface area contributed by atoms with Crippen molar-refractivity contribution in [2.75, 3.05) is 0 Å². The van der Waals surface area contributed by atoms with Crippen molar-refractivity contribution in [2.45, 2.75) is 13.0 Å². The summed E-state index contributed by atoms with van der Waals surface area (Å²) in [6.07, 6.45) is 0.652. The monoisotopic (exact) mass is 345 g/mol. The first kappa shape index (κ1) is 16.2. The number of rotatable bonds is 4. The highest BCUT2D eigenvalue weighted by Crippen LogP contribution is 2.34. The van der Waals surface area contributed by atoms with E-state index in [2.05, 4.69) is 4.98 Å². The van der Waals surface area contributed by atoms with E-state index in [-0.39, 0.29) is 0 Å². The summed E-state index contributed by atoms with van der Waals surface area (Å²) in [4.78, 5) is 15.2. The van der Waals surface area contributed by atoms with E-state index in [0.29, 0.717) is 21.9 Å². The van der Waals surface area contributed by atoms with E-state index in [9.17, 15) is 9.18 Å². The third kappa shape index (κ3) is 3.16. The molecule has 0 aliphatic rings. The van der Waals surface area contributed by atoms with E-state index in [1.807, 2.05) is 0 Å². The van der Waals surface area contributed by atoms with E-state index in [0.717, 1.165) is 10.9 Å². The van der Waals surface area contributed by atoms with Gasteiger partial charge in [0.25, 0.3) is 0 Å². The first-order chi connectivity index (χ1) is 11.5. The molecule has 2 aromatic carbocycles. The molecular formula is C18H13ClFNO3. The molecule has 3 rings (SSSR count). The lowest BCUT2D eigenvalue weighted by Gasteiger charge is -2.12. The molecule has 0 aliphatic heterocycles. The third-order valence-corrected chi connectivity index (χ3v) is 3.91. The number of aliphatic carboxylic acids is 1. The SMILES string of the molecule is C[C@@H](Oc1ccc2c(-c3ccc(F)cc3Cl)ccnc2c1)C(=O)O. The first-order valence-corrected chi connectivity index (χ1v) is 7.57. The van der Waals surface area contributed by atoms with Gasteiger partial charge in [0.1, 0.15) is 11.6 Å². The maximum Gasteiger partial charge on any atom is 0.344 e. The molecule has 24 heavy (non-hydrogen) atoms. The molecule has 122 valence electrons. The van der Waals surface area contributed by atoms with Crippen LogP contribution in [0.25, 0.3) is 22.0 Å². The van der Waals surface area contributed by atoms with E-state index in [1.165, 1.54) is 19.1 Å². The Morgan fingerprint density at radius 2 is 2.00 bits per heavy atom. The Bertz CT molecular complexity index is 929. The summed E-state index contributed by atoms with van der Waals surface area (Å²) in [6.45, 7) is 1.45. The molecule has 0 radical (unpaired) electrons. The van der Waals surface area contributed by atoms with Crippen LogP contribution in [0, 0.1) is 5.82 Å². The Kier molecular flexibility index (Phi) is 4.36. The Hall–Kier alpha value is -2.66. The third-order valence-electron chi connectivity index (χ3n) is 3.60. The molecule has 0 amide bonds. The minimum absolute atomic E-state index is 0.308. The Balaban J connectivity index is 2.06. The molecule has 0 saturated heterocycles. The number of halogens is 2. The fourth-order valence-electron chi connectivity index (χ4n) is 2.40. The largest absolute Gasteiger partial charge is 0.479 e. The zero-order valence-corrected chi connectivity index (χ0v) is 13.4. The summed E-state index contributed by atoms with van der Waals surface area (Å²) in [6, 6.07) is 11.1. The zero-order chi connectivity index (χ0) is 17.3. The molecular weight excluding hydrogens is 333 g/mol. The van der Waals surface area contributed by atoms with Gasteiger partial charge >= 0.3 is 5.97 Å². The highest BCUT2D eigenvalue weighted by molar-refractivity contribution is 6.33. The number of hydrogen-bond donors (Lipinski definition) is 1. The van der Waals surface area contributed by atoms with Crippen molar-refractivity contribution in [1.29, 1.82) is 0 Å². The van der Waals surface area contributed by atoms with Crippen LogP contribution in [-0.2, 0) is 4.79 Å². The molecule has 0 saturated carbocycles. The van der Waals surface area contributed by atoms with Crippen molar-refractivity contribution in [3.8, 4) is 16.9 Å². The predicted octanol–water partition coefficient (Wildman–Crippen LogP) is 4.55. The number of fused-ring (bicyclic) bond motifs is 1. The topological polar surface area (TPSA) is 59.4 Å². The lowest BCUT2D eigenvalue weighted by Crippen LogP contribution is -2.22. The summed E-state index contributed by atoms with van der Waals surface area (Å²) < 4.78 is 18.6. The molecule has 3 aromatic rings. The van der Waals surface area contributed by atoms with Crippen LogP contribution in [0.3, 0.4) is 0 Å². The standard InChI is InChI=1S/C18H13ClFNO3/c1-10(18(22)23)24-12-3-5-15-13(6-7-21-17(15)9-12)14-4-2-11(20)8-16(14)19/h2-10H,1H3,(H,22,23)/t10-/m1/s1. The van der Waals surface area contributed by atoms with Gasteiger partial charge in [0, 0.05) is 23.2 Å². The number of benzene rings is 2. The van der Waals surface area contributed by atoms with Gasteiger partial charge in [-0.05, 0) is 48.9 Å². The number of carbonyl (C=O) groups is 1. The van der Waals surface area contributed by atoms with E-state index in [1.54, 1.807) is 36.5 Å². The molecule has 1 N–H and O–H groups in total. The van der Waals surface area contributed by atoms with E-state index >= 15 is 0 Å². The van der Waals surface area contributed by atoms with Gasteiger partial charge in [-0.2, -0.15) is 0 Å². The van der Waals surface area contributed by atoms with Crippen LogP contribution in [0.5, 0.6) is 5.75 Å². The average molecular weight is 346 g/mol. The molecule has 0 fully saturated rings. The van der Waals surface area contributed by atoms with Crippen molar-refractivity contribution in [1.82, 2.24) is 4.98 Å². The van der Waals surface area contributed by atoms with Crippen LogP contribution in [0.2, 0.25) is 5.02 Å². The van der Waals surface area contributed by atoms with Crippen LogP contribution >= 0.6 is 11.6 Å². The normalized spacial score (nSPS) is 12.1. The molecule has 6 heteroatoms. The highest BCUT2D eigenvalue weighted by Gasteiger charge is 2.14. The number of carboxylic acid groups (broad SMARTS) is 1. The van der Waals surface area contributed by atoms with Crippen molar-refractivity contribution < 1.29 is 19.0 Å². The number of hydrogen-bond acceptors (Lipinski definition) is 3. The zero-order valence-electron chi connectivity index (χ0n) is 12.7. The number of aromatic nitrogens is 1. The second kappa shape index (κ2) is 6.45. The maximum atomic E-state index is 13.3. The smallest absolute Gasteiger partial charge is 0.344 e. The lowest BCUT2D eigenvalue weighted by atomic mass is 10.0. The average Bonchev–Trinajstić information content (AvgIpc) is 2.54. The van der Waals surface area contributed by atoms with Crippen LogP contribution in [0.4, 0.5) is 4.39 Å². The summed E-state index contributed by atoms with van der Waals surface area (Å²) in [5.41, 5.74) is 2.13. The van der Waals surface area contributed by atoms with E-state index < -0.39 is 17.9 Å². The number of pyridine rings is 1. The Morgan fingerprint density at radius 3 is 2.71 bits per heavy atom. The summed E-state index contributed by atoms with van der Waals surface area (Å²) in [5.74, 6) is -1.04. The fraction of sp³-hybridized carbons (Fsp3) is 0.111. The van der Waals surface area contributed by atoms with Crippen molar-refractivity contribution in [3.05, 3.63) is 59.5 Å². The maximum absolute atomic E-state index is 13.3. The molecule has 0 unspecified atom stereocenters. The second-order valence-corrected chi connectivity index (χ2v) is 5.67. The Labute approximate surface area is 142 Å². The second-order valence-electron chi connectivity index (χ2n) is 5.26. The molecule has 0 bridgehead atoms. The molecule has 0 aliphatic carbocycles. The van der Waals surface area contributed by atoms with Crippen molar-refractivity contribution in [2.24, 2.45) is 0 Å². The van der Waals surface area contributed by atoms with Gasteiger partial charge in [-0.15, -0.1) is 0 Å². The molecule has 1 heterocycles. The molecule has 4 nitrogen and oxygen atoms in total. The minimum atomic E-state index is -1.05. The first-order valence-electron chi connectivity index (χ1n) is 7.19. The summed E-state index contributed by atoms with van der Waals surface area (Å²) >= 11 is 6.15. The van der Waals surface area contributed by atoms with Crippen molar-refractivity contribution >= 4 is 28.5 Å². The van der Waals surface area contributed by atoms with Crippen LogP contribution in [-0.4, -0.2) is 22.2 Å².